The third-order valence-corrected chi connectivity index (χ3v) is 4.21. The summed E-state index contributed by atoms with van der Waals surface area (Å²) in [4.78, 5) is 32.7. The Morgan fingerprint density at radius 2 is 1.68 bits per heavy atom. The highest BCUT2D eigenvalue weighted by atomic mass is 16.5. The van der Waals surface area contributed by atoms with Crippen molar-refractivity contribution in [3.05, 3.63) is 77.2 Å². The van der Waals surface area contributed by atoms with Crippen LogP contribution in [0.15, 0.2) is 54.9 Å². The van der Waals surface area contributed by atoms with Crippen LogP contribution in [0.4, 0.5) is 17.2 Å². The molecule has 0 spiro atoms. The van der Waals surface area contributed by atoms with E-state index in [-0.39, 0.29) is 11.3 Å². The van der Waals surface area contributed by atoms with Crippen LogP contribution in [0.25, 0.3) is 0 Å². The maximum Gasteiger partial charge on any atom is 0.339 e. The Kier molecular flexibility index (Phi) is 5.64. The lowest BCUT2D eigenvalue weighted by Crippen LogP contribution is -2.17. The lowest BCUT2D eigenvalue weighted by atomic mass is 10.1. The topological polar surface area (TPSA) is 93.2 Å². The first-order valence-electron chi connectivity index (χ1n) is 8.63. The number of rotatable bonds is 5. The molecule has 0 unspecified atom stereocenters. The molecule has 1 heterocycles. The molecule has 7 nitrogen and oxygen atoms in total. The summed E-state index contributed by atoms with van der Waals surface area (Å²) in [6, 6.07) is 14.1. The summed E-state index contributed by atoms with van der Waals surface area (Å²) >= 11 is 0. The standard InChI is InChI=1S/C21H20N4O3/c1-13-7-6-8-14(2)19(13)25-18-11-17(22-12-23-18)20(26)24-16-10-5-4-9-15(16)21(27)28-3/h4-12H,1-3H3,(H,24,26)(H,22,23,25). The number of carbonyl (C=O) groups excluding carboxylic acids is 2. The van der Waals surface area contributed by atoms with Gasteiger partial charge in [0.15, 0.2) is 0 Å². The molecule has 3 rings (SSSR count). The minimum atomic E-state index is -0.532. The van der Waals surface area contributed by atoms with Gasteiger partial charge in [0, 0.05) is 11.8 Å². The molecule has 0 bridgehead atoms. The van der Waals surface area contributed by atoms with Crippen molar-refractivity contribution in [3.63, 3.8) is 0 Å². The highest BCUT2D eigenvalue weighted by molar-refractivity contribution is 6.07. The molecule has 1 amide bonds. The summed E-state index contributed by atoms with van der Waals surface area (Å²) in [6.45, 7) is 3.99. The zero-order chi connectivity index (χ0) is 20.1. The van der Waals surface area contributed by atoms with Crippen LogP contribution < -0.4 is 10.6 Å². The van der Waals surface area contributed by atoms with Crippen molar-refractivity contribution in [1.29, 1.82) is 0 Å². The Morgan fingerprint density at radius 1 is 0.964 bits per heavy atom. The number of carbonyl (C=O) groups is 2. The summed E-state index contributed by atoms with van der Waals surface area (Å²) in [7, 11) is 1.29. The van der Waals surface area contributed by atoms with Gasteiger partial charge in [0.2, 0.25) is 0 Å². The fourth-order valence-corrected chi connectivity index (χ4v) is 2.76. The quantitative estimate of drug-likeness (QED) is 0.657. The van der Waals surface area contributed by atoms with Crippen molar-refractivity contribution in [2.45, 2.75) is 13.8 Å². The number of nitrogens with one attached hydrogen (secondary N) is 2. The van der Waals surface area contributed by atoms with E-state index >= 15 is 0 Å². The van der Waals surface area contributed by atoms with Crippen LogP contribution in [0.5, 0.6) is 0 Å². The van der Waals surface area contributed by atoms with Crippen LogP contribution in [0.1, 0.15) is 32.0 Å². The van der Waals surface area contributed by atoms with E-state index in [1.807, 2.05) is 32.0 Å². The van der Waals surface area contributed by atoms with Crippen molar-refractivity contribution < 1.29 is 14.3 Å². The van der Waals surface area contributed by atoms with Gasteiger partial charge >= 0.3 is 5.97 Å². The average molecular weight is 376 g/mol. The summed E-state index contributed by atoms with van der Waals surface area (Å²) in [5.41, 5.74) is 3.85. The maximum atomic E-state index is 12.6. The van der Waals surface area contributed by atoms with Gasteiger partial charge in [0.1, 0.15) is 17.8 Å². The molecule has 142 valence electrons. The fraction of sp³-hybridized carbons (Fsp3) is 0.143. The monoisotopic (exact) mass is 376 g/mol. The third kappa shape index (κ3) is 4.15. The van der Waals surface area contributed by atoms with Crippen molar-refractivity contribution in [3.8, 4) is 0 Å². The van der Waals surface area contributed by atoms with Crippen LogP contribution in [0.2, 0.25) is 0 Å². The van der Waals surface area contributed by atoms with Gasteiger partial charge in [0.25, 0.3) is 5.91 Å². The van der Waals surface area contributed by atoms with Crippen LogP contribution in [-0.4, -0.2) is 29.0 Å². The molecule has 0 radical (unpaired) electrons. The Morgan fingerprint density at radius 3 is 2.39 bits per heavy atom. The Balaban J connectivity index is 1.83. The van der Waals surface area contributed by atoms with Crippen molar-refractivity contribution >= 4 is 29.1 Å². The van der Waals surface area contributed by atoms with E-state index in [4.69, 9.17) is 4.74 Å². The molecule has 28 heavy (non-hydrogen) atoms. The van der Waals surface area contributed by atoms with Crippen LogP contribution in [0, 0.1) is 13.8 Å². The molecule has 2 N–H and O–H groups in total. The molecule has 0 fully saturated rings. The molecule has 0 aliphatic rings. The van der Waals surface area contributed by atoms with Crippen LogP contribution >= 0.6 is 0 Å². The molecule has 0 aliphatic heterocycles. The van der Waals surface area contributed by atoms with E-state index in [0.29, 0.717) is 11.5 Å². The molecular weight excluding hydrogens is 356 g/mol. The van der Waals surface area contributed by atoms with Crippen molar-refractivity contribution in [1.82, 2.24) is 9.97 Å². The highest BCUT2D eigenvalue weighted by Crippen LogP contribution is 2.23. The normalized spacial score (nSPS) is 10.2. The third-order valence-electron chi connectivity index (χ3n) is 4.21. The van der Waals surface area contributed by atoms with Gasteiger partial charge in [-0.15, -0.1) is 0 Å². The van der Waals surface area contributed by atoms with Gasteiger partial charge < -0.3 is 15.4 Å². The highest BCUT2D eigenvalue weighted by Gasteiger charge is 2.16. The average Bonchev–Trinajstić information content (AvgIpc) is 2.71. The molecule has 0 atom stereocenters. The number of para-hydroxylation sites is 2. The SMILES string of the molecule is COC(=O)c1ccccc1NC(=O)c1cc(Nc2c(C)cccc2C)ncn1. The number of ether oxygens (including phenoxy) is 1. The summed E-state index contributed by atoms with van der Waals surface area (Å²) in [5.74, 6) is -0.488. The van der Waals surface area contributed by atoms with Crippen molar-refractivity contribution in [2.75, 3.05) is 17.7 Å². The van der Waals surface area contributed by atoms with Gasteiger partial charge in [-0.1, -0.05) is 30.3 Å². The van der Waals surface area contributed by atoms with E-state index in [1.165, 1.54) is 13.4 Å². The van der Waals surface area contributed by atoms with Gasteiger partial charge in [-0.3, -0.25) is 4.79 Å². The smallest absolute Gasteiger partial charge is 0.339 e. The molecule has 7 heteroatoms. The Labute approximate surface area is 162 Å². The van der Waals surface area contributed by atoms with Crippen LogP contribution in [-0.2, 0) is 4.74 Å². The number of esters is 1. The second-order valence-corrected chi connectivity index (χ2v) is 6.17. The molecular formula is C21H20N4O3. The molecule has 0 saturated carbocycles. The summed E-state index contributed by atoms with van der Waals surface area (Å²) in [5, 5.41) is 5.93. The number of hydrogen-bond donors (Lipinski definition) is 2. The summed E-state index contributed by atoms with van der Waals surface area (Å²) in [6.07, 6.45) is 1.32. The molecule has 2 aromatic carbocycles. The number of hydrogen-bond acceptors (Lipinski definition) is 6. The number of methoxy groups -OCH3 is 1. The fourth-order valence-electron chi connectivity index (χ4n) is 2.76. The van der Waals surface area contributed by atoms with Gasteiger partial charge in [-0.25, -0.2) is 14.8 Å². The Hall–Kier alpha value is -3.74. The minimum absolute atomic E-state index is 0.170. The predicted octanol–water partition coefficient (Wildman–Crippen LogP) is 3.88. The number of amides is 1. The summed E-state index contributed by atoms with van der Waals surface area (Å²) < 4.78 is 4.75. The number of nitrogens with zero attached hydrogens (tertiary/aromatic N) is 2. The van der Waals surface area contributed by atoms with Gasteiger partial charge in [0.05, 0.1) is 18.4 Å². The van der Waals surface area contributed by atoms with E-state index < -0.39 is 11.9 Å². The van der Waals surface area contributed by atoms with Gasteiger partial charge in [-0.05, 0) is 37.1 Å². The largest absolute Gasteiger partial charge is 0.465 e. The van der Waals surface area contributed by atoms with Crippen LogP contribution in [0.3, 0.4) is 0 Å². The lowest BCUT2D eigenvalue weighted by molar-refractivity contribution is 0.0602. The van der Waals surface area contributed by atoms with E-state index in [0.717, 1.165) is 16.8 Å². The van der Waals surface area contributed by atoms with E-state index in [2.05, 4.69) is 20.6 Å². The number of aromatic nitrogens is 2. The van der Waals surface area contributed by atoms with E-state index in [1.54, 1.807) is 30.3 Å². The Bertz CT molecular complexity index is 1010. The number of aryl methyl sites for hydroxylation is 2. The van der Waals surface area contributed by atoms with Gasteiger partial charge in [-0.2, -0.15) is 0 Å². The van der Waals surface area contributed by atoms with Crippen molar-refractivity contribution in [2.24, 2.45) is 0 Å². The zero-order valence-corrected chi connectivity index (χ0v) is 15.8. The molecule has 1 aromatic heterocycles. The first-order valence-corrected chi connectivity index (χ1v) is 8.63. The molecule has 0 aliphatic carbocycles. The first kappa shape index (κ1) is 19.0. The second kappa shape index (κ2) is 8.30. The predicted molar refractivity (Wildman–Crippen MR) is 107 cm³/mol. The lowest BCUT2D eigenvalue weighted by Gasteiger charge is -2.13. The maximum absolute atomic E-state index is 12.6. The number of anilines is 3. The molecule has 0 saturated heterocycles. The molecule has 3 aromatic rings. The number of benzene rings is 2. The minimum Gasteiger partial charge on any atom is -0.465 e. The second-order valence-electron chi connectivity index (χ2n) is 6.17. The van der Waals surface area contributed by atoms with E-state index in [9.17, 15) is 9.59 Å². The zero-order valence-electron chi connectivity index (χ0n) is 15.8. The first-order chi connectivity index (χ1) is 13.5.